The Hall–Kier alpha value is -2.30. The third kappa shape index (κ3) is 3.13. The number of aryl methyl sites for hydroxylation is 2. The number of nitrogens with two attached hydrogens (primary N) is 1. The number of nitrogens with zero attached hydrogens (tertiary/aromatic N) is 2. The summed E-state index contributed by atoms with van der Waals surface area (Å²) in [5.74, 6) is -0.403. The van der Waals surface area contributed by atoms with Crippen molar-refractivity contribution in [2.24, 2.45) is 12.8 Å². The minimum atomic E-state index is -0.403. The van der Waals surface area contributed by atoms with Gasteiger partial charge in [0.05, 0.1) is 11.4 Å². The quantitative estimate of drug-likeness (QED) is 0.857. The molecular weight excluding hydrogens is 240 g/mol. The van der Waals surface area contributed by atoms with Crippen molar-refractivity contribution < 1.29 is 4.79 Å². The molecule has 5 nitrogen and oxygen atoms in total. The van der Waals surface area contributed by atoms with Gasteiger partial charge in [-0.1, -0.05) is 19.1 Å². The molecule has 0 atom stereocenters. The highest BCUT2D eigenvalue weighted by atomic mass is 16.1. The topological polar surface area (TPSA) is 72.9 Å². The molecule has 100 valence electrons. The fraction of sp³-hybridized carbons (Fsp3) is 0.286. The fourth-order valence-corrected chi connectivity index (χ4v) is 1.93. The maximum atomic E-state index is 11.0. The molecule has 19 heavy (non-hydrogen) atoms. The molecule has 0 bridgehead atoms. The summed E-state index contributed by atoms with van der Waals surface area (Å²) in [5.41, 5.74) is 8.92. The number of aromatic nitrogens is 2. The van der Waals surface area contributed by atoms with E-state index in [9.17, 15) is 4.79 Å². The van der Waals surface area contributed by atoms with Crippen LogP contribution in [0.15, 0.2) is 30.5 Å². The Labute approximate surface area is 112 Å². The summed E-state index contributed by atoms with van der Waals surface area (Å²) in [6.45, 7) is 2.77. The van der Waals surface area contributed by atoms with E-state index in [-0.39, 0.29) is 0 Å². The first kappa shape index (κ1) is 13.1. The molecule has 0 saturated carbocycles. The van der Waals surface area contributed by atoms with Crippen LogP contribution in [0.2, 0.25) is 0 Å². The molecule has 0 radical (unpaired) electrons. The van der Waals surface area contributed by atoms with Gasteiger partial charge < -0.3 is 11.1 Å². The molecule has 0 aliphatic heterocycles. The lowest BCUT2D eigenvalue weighted by Crippen LogP contribution is -2.10. The van der Waals surface area contributed by atoms with Gasteiger partial charge in [0.15, 0.2) is 0 Å². The van der Waals surface area contributed by atoms with Crippen molar-refractivity contribution in [1.29, 1.82) is 0 Å². The van der Waals surface area contributed by atoms with Crippen molar-refractivity contribution in [2.45, 2.75) is 19.9 Å². The van der Waals surface area contributed by atoms with Crippen LogP contribution in [-0.2, 0) is 20.0 Å². The normalized spacial score (nSPS) is 10.4. The van der Waals surface area contributed by atoms with Crippen LogP contribution in [-0.4, -0.2) is 15.7 Å². The van der Waals surface area contributed by atoms with Crippen molar-refractivity contribution in [3.05, 3.63) is 47.3 Å². The van der Waals surface area contributed by atoms with Gasteiger partial charge in [0.25, 0.3) is 0 Å². The van der Waals surface area contributed by atoms with E-state index >= 15 is 0 Å². The SMILES string of the molecule is CCc1nn(C)cc1NCc1ccc(C(N)=O)cc1. The molecule has 3 N–H and O–H groups in total. The zero-order chi connectivity index (χ0) is 13.8. The summed E-state index contributed by atoms with van der Waals surface area (Å²) >= 11 is 0. The third-order valence-corrected chi connectivity index (χ3v) is 2.96. The van der Waals surface area contributed by atoms with Crippen LogP contribution in [0.5, 0.6) is 0 Å². The maximum Gasteiger partial charge on any atom is 0.248 e. The Morgan fingerprint density at radius 1 is 1.37 bits per heavy atom. The Morgan fingerprint density at radius 3 is 2.63 bits per heavy atom. The number of hydrogen-bond acceptors (Lipinski definition) is 3. The summed E-state index contributed by atoms with van der Waals surface area (Å²) in [6, 6.07) is 7.27. The second-order valence-electron chi connectivity index (χ2n) is 4.43. The number of carbonyl (C=O) groups excluding carboxylic acids is 1. The number of benzene rings is 1. The number of amides is 1. The molecule has 1 aromatic carbocycles. The highest BCUT2D eigenvalue weighted by molar-refractivity contribution is 5.92. The van der Waals surface area contributed by atoms with Crippen molar-refractivity contribution in [3.8, 4) is 0 Å². The van der Waals surface area contributed by atoms with Crippen LogP contribution < -0.4 is 11.1 Å². The number of primary amides is 1. The molecule has 0 fully saturated rings. The maximum absolute atomic E-state index is 11.0. The zero-order valence-electron chi connectivity index (χ0n) is 11.2. The van der Waals surface area contributed by atoms with Gasteiger partial charge in [-0.05, 0) is 24.1 Å². The number of nitrogens with one attached hydrogen (secondary N) is 1. The molecule has 2 aromatic rings. The second-order valence-corrected chi connectivity index (χ2v) is 4.43. The number of rotatable bonds is 5. The van der Waals surface area contributed by atoms with Gasteiger partial charge in [-0.15, -0.1) is 0 Å². The Morgan fingerprint density at radius 2 is 2.05 bits per heavy atom. The van der Waals surface area contributed by atoms with E-state index in [1.54, 1.807) is 16.8 Å². The van der Waals surface area contributed by atoms with Gasteiger partial charge in [-0.2, -0.15) is 5.10 Å². The van der Waals surface area contributed by atoms with E-state index in [0.717, 1.165) is 23.4 Å². The summed E-state index contributed by atoms with van der Waals surface area (Å²) in [4.78, 5) is 11.0. The smallest absolute Gasteiger partial charge is 0.248 e. The van der Waals surface area contributed by atoms with E-state index < -0.39 is 5.91 Å². The lowest BCUT2D eigenvalue weighted by Gasteiger charge is -2.06. The monoisotopic (exact) mass is 258 g/mol. The van der Waals surface area contributed by atoms with E-state index in [4.69, 9.17) is 5.73 Å². The lowest BCUT2D eigenvalue weighted by atomic mass is 10.1. The molecule has 0 saturated heterocycles. The van der Waals surface area contributed by atoms with E-state index in [2.05, 4.69) is 17.3 Å². The lowest BCUT2D eigenvalue weighted by molar-refractivity contribution is 0.100. The van der Waals surface area contributed by atoms with Crippen molar-refractivity contribution in [1.82, 2.24) is 9.78 Å². The van der Waals surface area contributed by atoms with Crippen LogP contribution >= 0.6 is 0 Å². The number of hydrogen-bond donors (Lipinski definition) is 2. The average Bonchev–Trinajstić information content (AvgIpc) is 2.77. The fourth-order valence-electron chi connectivity index (χ4n) is 1.93. The summed E-state index contributed by atoms with van der Waals surface area (Å²) < 4.78 is 1.80. The Balaban J connectivity index is 2.03. The van der Waals surface area contributed by atoms with E-state index in [1.165, 1.54) is 0 Å². The molecule has 0 aliphatic carbocycles. The zero-order valence-corrected chi connectivity index (χ0v) is 11.2. The largest absolute Gasteiger partial charge is 0.378 e. The minimum absolute atomic E-state index is 0.403. The molecule has 2 rings (SSSR count). The molecule has 0 unspecified atom stereocenters. The van der Waals surface area contributed by atoms with Gasteiger partial charge in [0, 0.05) is 25.4 Å². The minimum Gasteiger partial charge on any atom is -0.378 e. The first-order chi connectivity index (χ1) is 9.10. The van der Waals surface area contributed by atoms with Crippen LogP contribution in [0.4, 0.5) is 5.69 Å². The predicted molar refractivity (Wildman–Crippen MR) is 74.9 cm³/mol. The Kier molecular flexibility index (Phi) is 3.85. The van der Waals surface area contributed by atoms with Crippen LogP contribution in [0.3, 0.4) is 0 Å². The van der Waals surface area contributed by atoms with Crippen LogP contribution in [0.25, 0.3) is 0 Å². The highest BCUT2D eigenvalue weighted by Crippen LogP contribution is 2.15. The van der Waals surface area contributed by atoms with Crippen LogP contribution in [0, 0.1) is 0 Å². The van der Waals surface area contributed by atoms with Gasteiger partial charge in [-0.25, -0.2) is 0 Å². The molecule has 0 aliphatic rings. The molecule has 1 heterocycles. The highest BCUT2D eigenvalue weighted by Gasteiger charge is 2.05. The first-order valence-corrected chi connectivity index (χ1v) is 6.25. The number of anilines is 1. The van der Waals surface area contributed by atoms with E-state index in [0.29, 0.717) is 12.1 Å². The summed E-state index contributed by atoms with van der Waals surface area (Å²) in [7, 11) is 1.91. The van der Waals surface area contributed by atoms with Gasteiger partial charge >= 0.3 is 0 Å². The van der Waals surface area contributed by atoms with Crippen molar-refractivity contribution >= 4 is 11.6 Å². The molecule has 0 spiro atoms. The average molecular weight is 258 g/mol. The van der Waals surface area contributed by atoms with Crippen molar-refractivity contribution in [2.75, 3.05) is 5.32 Å². The number of carbonyl (C=O) groups is 1. The summed E-state index contributed by atoms with van der Waals surface area (Å²) in [5, 5.41) is 7.72. The molecule has 5 heteroatoms. The van der Waals surface area contributed by atoms with Crippen molar-refractivity contribution in [3.63, 3.8) is 0 Å². The van der Waals surface area contributed by atoms with Crippen LogP contribution in [0.1, 0.15) is 28.5 Å². The van der Waals surface area contributed by atoms with Gasteiger partial charge in [-0.3, -0.25) is 9.48 Å². The molecular formula is C14H18N4O. The van der Waals surface area contributed by atoms with Gasteiger partial charge in [0.1, 0.15) is 0 Å². The first-order valence-electron chi connectivity index (χ1n) is 6.25. The molecule has 1 amide bonds. The Bertz CT molecular complexity index is 572. The predicted octanol–water partition coefficient (Wildman–Crippen LogP) is 1.69. The molecule has 1 aromatic heterocycles. The van der Waals surface area contributed by atoms with E-state index in [1.807, 2.05) is 25.4 Å². The third-order valence-electron chi connectivity index (χ3n) is 2.96. The standard InChI is InChI=1S/C14H18N4O/c1-3-12-13(9-18(2)17-12)16-8-10-4-6-11(7-5-10)14(15)19/h4-7,9,16H,3,8H2,1-2H3,(H2,15,19). The summed E-state index contributed by atoms with van der Waals surface area (Å²) in [6.07, 6.45) is 2.86. The van der Waals surface area contributed by atoms with Gasteiger partial charge in [0.2, 0.25) is 5.91 Å². The second kappa shape index (κ2) is 5.56.